The Morgan fingerprint density at radius 3 is 2.41 bits per heavy atom. The molecular weight excluding hydrogens is 773 g/mol. The van der Waals surface area contributed by atoms with Crippen molar-refractivity contribution in [2.45, 2.75) is 94.0 Å². The minimum Gasteiger partial charge on any atom is -0.337 e. The Kier molecular flexibility index (Phi) is 8.98. The first-order valence-corrected chi connectivity index (χ1v) is 24.5. The topological polar surface area (TPSA) is 6.48 Å². The van der Waals surface area contributed by atoms with Crippen LogP contribution in [0.15, 0.2) is 210 Å². The van der Waals surface area contributed by atoms with Crippen LogP contribution in [0.3, 0.4) is 0 Å². The van der Waals surface area contributed by atoms with Gasteiger partial charge in [0.15, 0.2) is 0 Å². The van der Waals surface area contributed by atoms with Crippen LogP contribution in [0.25, 0.3) is 21.5 Å². The Bertz CT molecular complexity index is 3020. The van der Waals surface area contributed by atoms with E-state index in [1.165, 1.54) is 56.3 Å². The predicted octanol–water partition coefficient (Wildman–Crippen LogP) is 15.8. The lowest BCUT2D eigenvalue weighted by molar-refractivity contribution is 0.228. The van der Waals surface area contributed by atoms with Gasteiger partial charge >= 0.3 is 0 Å². The fourth-order valence-corrected chi connectivity index (χ4v) is 14.4. The van der Waals surface area contributed by atoms with Gasteiger partial charge in [0, 0.05) is 51.5 Å². The molecule has 0 saturated heterocycles. The van der Waals surface area contributed by atoms with Gasteiger partial charge in [-0.05, 0) is 157 Å². The Morgan fingerprint density at radius 2 is 1.50 bits per heavy atom. The van der Waals surface area contributed by atoms with Gasteiger partial charge in [-0.1, -0.05) is 157 Å². The SMILES string of the molecule is CC1(N(c2ccc3ccc4ccccc4c3c2)c2cccc3c2[C@H]2C=CCCC2C32C3=C(C=CC(N(C4=C5C=CCCC5=CCC4)c4ccccc4)C3)C3C=CC=CC32)CC=CCC1. The number of fused-ring (bicyclic) bond motifs is 13. The minimum absolute atomic E-state index is 0.0769. The van der Waals surface area contributed by atoms with E-state index in [2.05, 4.69) is 199 Å². The second-order valence-electron chi connectivity index (χ2n) is 20.1. The molecule has 0 fully saturated rings. The molecule has 0 radical (unpaired) electrons. The van der Waals surface area contributed by atoms with Crippen molar-refractivity contribution in [3.8, 4) is 0 Å². The number of anilines is 3. The van der Waals surface area contributed by atoms with Crippen LogP contribution in [-0.2, 0) is 5.41 Å². The molecule has 7 atom stereocenters. The van der Waals surface area contributed by atoms with Crippen LogP contribution in [-0.4, -0.2) is 11.6 Å². The van der Waals surface area contributed by atoms with E-state index in [1.807, 2.05) is 0 Å². The standard InChI is InChI=1S/C62H58N2/c1-61(38-14-3-15-39-61)64(47-35-34-44-33-32-43-19-6-8-23-48(43)53(44)40-47)59-31-17-29-56-60(59)52-26-11-13-28-55(52)62(56)54-27-12-10-25-50(54)51-37-36-46(41-57(51)62)63(45-21-4-2-5-22-45)58-30-16-20-42-18-7-9-24-49(42)58/h2-6,8-12,14,17,19-27,29,31-37,40,46,50,52,54-55H,7,13,15-16,18,28,30,38-39,41H2,1H3/t46?,50?,52-,54?,55?,61?,62?/m0/s1. The summed E-state index contributed by atoms with van der Waals surface area (Å²) >= 11 is 0. The zero-order chi connectivity index (χ0) is 42.4. The molecule has 0 aliphatic heterocycles. The largest absolute Gasteiger partial charge is 0.337 e. The summed E-state index contributed by atoms with van der Waals surface area (Å²) < 4.78 is 0. The number of nitrogens with zero attached hydrogens (tertiary/aromatic N) is 2. The fraction of sp³-hybridized carbons (Fsp3) is 0.290. The Morgan fingerprint density at radius 1 is 0.641 bits per heavy atom. The monoisotopic (exact) mass is 830 g/mol. The van der Waals surface area contributed by atoms with E-state index in [0.717, 1.165) is 57.8 Å². The smallest absolute Gasteiger partial charge is 0.0560 e. The molecule has 0 bridgehead atoms. The maximum absolute atomic E-state index is 2.83. The molecule has 0 saturated carbocycles. The zero-order valence-electron chi connectivity index (χ0n) is 37.2. The highest BCUT2D eigenvalue weighted by Gasteiger charge is 2.63. The molecule has 5 aromatic rings. The van der Waals surface area contributed by atoms with Crippen LogP contribution in [0.1, 0.15) is 88.2 Å². The van der Waals surface area contributed by atoms with Crippen molar-refractivity contribution >= 4 is 38.6 Å². The predicted molar refractivity (Wildman–Crippen MR) is 269 cm³/mol. The third-order valence-corrected chi connectivity index (χ3v) is 16.9. The number of hydrogen-bond donors (Lipinski definition) is 0. The van der Waals surface area contributed by atoms with Crippen molar-refractivity contribution in [1.29, 1.82) is 0 Å². The van der Waals surface area contributed by atoms with Gasteiger partial charge in [0.25, 0.3) is 0 Å². The van der Waals surface area contributed by atoms with E-state index in [9.17, 15) is 0 Å². The molecule has 0 amide bonds. The van der Waals surface area contributed by atoms with Crippen molar-refractivity contribution in [3.05, 3.63) is 221 Å². The molecule has 316 valence electrons. The molecule has 8 aliphatic carbocycles. The van der Waals surface area contributed by atoms with E-state index < -0.39 is 0 Å². The molecule has 8 aliphatic rings. The van der Waals surface area contributed by atoms with Gasteiger partial charge < -0.3 is 9.80 Å². The Hall–Kier alpha value is -6.12. The van der Waals surface area contributed by atoms with Crippen molar-refractivity contribution in [1.82, 2.24) is 0 Å². The molecule has 2 nitrogen and oxygen atoms in total. The summed E-state index contributed by atoms with van der Waals surface area (Å²) in [6.45, 7) is 2.54. The average Bonchev–Trinajstić information content (AvgIpc) is 3.82. The molecule has 64 heavy (non-hydrogen) atoms. The van der Waals surface area contributed by atoms with Gasteiger partial charge in [0.2, 0.25) is 0 Å². The lowest BCUT2D eigenvalue weighted by atomic mass is 9.58. The number of hydrogen-bond acceptors (Lipinski definition) is 2. The van der Waals surface area contributed by atoms with Gasteiger partial charge in [-0.15, -0.1) is 0 Å². The summed E-state index contributed by atoms with van der Waals surface area (Å²) in [5.74, 6) is 1.59. The second-order valence-corrected chi connectivity index (χ2v) is 20.1. The number of rotatable bonds is 6. The van der Waals surface area contributed by atoms with E-state index in [1.54, 1.807) is 27.8 Å². The zero-order valence-corrected chi connectivity index (χ0v) is 37.2. The molecule has 13 rings (SSSR count). The molecule has 0 aromatic heterocycles. The number of allylic oxidation sites excluding steroid dienone is 15. The molecule has 0 heterocycles. The van der Waals surface area contributed by atoms with Crippen LogP contribution in [0, 0.1) is 17.8 Å². The summed E-state index contributed by atoms with van der Waals surface area (Å²) in [6, 6.07) is 40.0. The normalized spacial score (nSPS) is 29.5. The van der Waals surface area contributed by atoms with Gasteiger partial charge in [0.1, 0.15) is 0 Å². The average molecular weight is 831 g/mol. The molecule has 2 heteroatoms. The van der Waals surface area contributed by atoms with Crippen LogP contribution in [0.2, 0.25) is 0 Å². The van der Waals surface area contributed by atoms with E-state index >= 15 is 0 Å². The number of para-hydroxylation sites is 1. The summed E-state index contributed by atoms with van der Waals surface area (Å²) in [6.07, 6.45) is 43.6. The highest BCUT2D eigenvalue weighted by atomic mass is 15.2. The molecule has 6 unspecified atom stereocenters. The molecular formula is C62H58N2. The maximum Gasteiger partial charge on any atom is 0.0560 e. The van der Waals surface area contributed by atoms with Crippen LogP contribution < -0.4 is 9.80 Å². The van der Waals surface area contributed by atoms with Crippen LogP contribution >= 0.6 is 0 Å². The van der Waals surface area contributed by atoms with Crippen molar-refractivity contribution < 1.29 is 0 Å². The summed E-state index contributed by atoms with van der Waals surface area (Å²) in [5.41, 5.74) is 14.8. The Labute approximate surface area is 379 Å². The third-order valence-electron chi connectivity index (χ3n) is 16.9. The van der Waals surface area contributed by atoms with Gasteiger partial charge in [-0.2, -0.15) is 0 Å². The van der Waals surface area contributed by atoms with E-state index in [-0.39, 0.29) is 17.0 Å². The summed E-state index contributed by atoms with van der Waals surface area (Å²) in [4.78, 5) is 5.60. The van der Waals surface area contributed by atoms with Crippen LogP contribution in [0.4, 0.5) is 17.1 Å². The van der Waals surface area contributed by atoms with Gasteiger partial charge in [-0.3, -0.25) is 0 Å². The van der Waals surface area contributed by atoms with Crippen LogP contribution in [0.5, 0.6) is 0 Å². The summed E-state index contributed by atoms with van der Waals surface area (Å²) in [5, 5.41) is 5.28. The van der Waals surface area contributed by atoms with Gasteiger partial charge in [-0.25, -0.2) is 0 Å². The summed E-state index contributed by atoms with van der Waals surface area (Å²) in [7, 11) is 0. The van der Waals surface area contributed by atoms with Crippen molar-refractivity contribution in [2.24, 2.45) is 17.8 Å². The first-order chi connectivity index (χ1) is 31.6. The minimum atomic E-state index is -0.105. The molecule has 1 spiro atoms. The molecule has 5 aromatic carbocycles. The third kappa shape index (κ3) is 5.63. The second kappa shape index (κ2) is 15.0. The Balaban J connectivity index is 1.01. The quantitative estimate of drug-likeness (QED) is 0.124. The first-order valence-electron chi connectivity index (χ1n) is 24.5. The van der Waals surface area contributed by atoms with Crippen molar-refractivity contribution in [2.75, 3.05) is 9.80 Å². The highest BCUT2D eigenvalue weighted by molar-refractivity contribution is 6.08. The fourth-order valence-electron chi connectivity index (χ4n) is 14.4. The lowest BCUT2D eigenvalue weighted by Gasteiger charge is -2.46. The maximum atomic E-state index is 2.83. The first kappa shape index (κ1) is 38.3. The van der Waals surface area contributed by atoms with Crippen molar-refractivity contribution in [3.63, 3.8) is 0 Å². The highest BCUT2D eigenvalue weighted by Crippen LogP contribution is 2.70. The lowest BCUT2D eigenvalue weighted by Crippen LogP contribution is -2.44. The number of benzene rings is 5. The molecule has 0 N–H and O–H groups in total. The van der Waals surface area contributed by atoms with E-state index in [0.29, 0.717) is 23.7 Å². The van der Waals surface area contributed by atoms with Gasteiger partial charge in [0.05, 0.1) is 6.04 Å². The van der Waals surface area contributed by atoms with E-state index in [4.69, 9.17) is 0 Å².